The highest BCUT2D eigenvalue weighted by atomic mass is 32.1. The topological polar surface area (TPSA) is 103 Å². The number of unbranched alkanes of at least 4 members (excludes halogenated alkanes) is 1. The highest BCUT2D eigenvalue weighted by molar-refractivity contribution is 7.15. The van der Waals surface area contributed by atoms with Crippen molar-refractivity contribution in [2.45, 2.75) is 59.8 Å². The van der Waals surface area contributed by atoms with E-state index in [1.165, 1.54) is 18.4 Å². The van der Waals surface area contributed by atoms with Gasteiger partial charge in [0.1, 0.15) is 10.8 Å². The maximum atomic E-state index is 13.2. The van der Waals surface area contributed by atoms with Crippen LogP contribution in [0.2, 0.25) is 0 Å². The third-order valence-corrected chi connectivity index (χ3v) is 7.52. The predicted octanol–water partition coefficient (Wildman–Crippen LogP) is 7.22. The molecule has 1 aliphatic rings. The maximum Gasteiger partial charge on any atom is 0.316 e. The molecule has 42 heavy (non-hydrogen) atoms. The molecule has 0 aliphatic heterocycles. The number of nitrogens with zero attached hydrogens (tertiary/aromatic N) is 3. The Morgan fingerprint density at radius 3 is 2.48 bits per heavy atom. The molecule has 222 valence electrons. The number of amides is 1. The number of methoxy groups -OCH3 is 2. The van der Waals surface area contributed by atoms with E-state index in [1.54, 1.807) is 13.3 Å². The monoisotopic (exact) mass is 588 g/mol. The first-order valence-electron chi connectivity index (χ1n) is 13.9. The number of pyridine rings is 1. The maximum absolute atomic E-state index is 13.2. The molecule has 3 aromatic rings. The molecule has 2 heterocycles. The minimum Gasteiger partial charge on any atom is -0.496 e. The summed E-state index contributed by atoms with van der Waals surface area (Å²) in [5.74, 6) is 0.219. The quantitative estimate of drug-likeness (QED) is 0.109. The number of allylic oxidation sites excluding steroid dienone is 3. The van der Waals surface area contributed by atoms with Crippen LogP contribution in [-0.4, -0.2) is 41.3 Å². The van der Waals surface area contributed by atoms with Crippen LogP contribution in [0, 0.1) is 25.2 Å². The van der Waals surface area contributed by atoms with Crippen molar-refractivity contribution in [1.29, 1.82) is 0 Å². The van der Waals surface area contributed by atoms with E-state index >= 15 is 0 Å². The summed E-state index contributed by atoms with van der Waals surface area (Å²) in [6, 6.07) is 9.45. The molecule has 9 heteroatoms. The number of benzene rings is 1. The van der Waals surface area contributed by atoms with Gasteiger partial charge in [-0.1, -0.05) is 61.6 Å². The summed E-state index contributed by atoms with van der Waals surface area (Å²) >= 11 is 1.36. The number of anilines is 1. The van der Waals surface area contributed by atoms with Crippen LogP contribution < -0.4 is 10.1 Å². The van der Waals surface area contributed by atoms with Gasteiger partial charge in [-0.3, -0.25) is 19.9 Å². The van der Waals surface area contributed by atoms with E-state index in [4.69, 9.17) is 9.47 Å². The van der Waals surface area contributed by atoms with Crippen molar-refractivity contribution >= 4 is 28.3 Å². The van der Waals surface area contributed by atoms with Gasteiger partial charge in [0.05, 0.1) is 25.2 Å². The van der Waals surface area contributed by atoms with Gasteiger partial charge in [-0.25, -0.2) is 0 Å². The molecular weight excluding hydrogens is 548 g/mol. The second-order valence-corrected chi connectivity index (χ2v) is 10.2. The summed E-state index contributed by atoms with van der Waals surface area (Å²) in [6.45, 7) is 7.83. The first-order chi connectivity index (χ1) is 20.4. The molecule has 4 rings (SSSR count). The predicted molar refractivity (Wildman–Crippen MR) is 170 cm³/mol. The van der Waals surface area contributed by atoms with E-state index in [1.807, 2.05) is 70.2 Å². The number of nitrogens with one attached hydrogen (secondary N) is 1. The third kappa shape index (κ3) is 8.37. The van der Waals surface area contributed by atoms with Crippen LogP contribution in [-0.2, 0) is 16.0 Å². The highest BCUT2D eigenvalue weighted by Crippen LogP contribution is 2.53. The summed E-state index contributed by atoms with van der Waals surface area (Å²) in [6.07, 6.45) is 19.8. The molecule has 0 bridgehead atoms. The number of hydrogen-bond donors (Lipinski definition) is 1. The number of aryl methyl sites for hydroxylation is 2. The van der Waals surface area contributed by atoms with Gasteiger partial charge in [0.25, 0.3) is 5.91 Å². The third-order valence-electron chi connectivity index (χ3n) is 6.62. The van der Waals surface area contributed by atoms with Crippen molar-refractivity contribution in [1.82, 2.24) is 15.2 Å². The molecule has 1 saturated carbocycles. The van der Waals surface area contributed by atoms with Crippen molar-refractivity contribution in [2.24, 2.45) is 5.41 Å². The molecule has 1 N–H and O–H groups in total. The second-order valence-electron chi connectivity index (χ2n) is 9.14. The SMILES string of the molecule is C#C.C/C=C(\C=C/CCCc1nnc(NC(=O)c2cnc(C)cc2-c2ccccc2OC)s1)C1(C(=O)OC)CC1.CC. The van der Waals surface area contributed by atoms with Crippen molar-refractivity contribution in [3.63, 3.8) is 0 Å². The Morgan fingerprint density at radius 2 is 1.83 bits per heavy atom. The van der Waals surface area contributed by atoms with E-state index in [9.17, 15) is 9.59 Å². The zero-order valence-corrected chi connectivity index (χ0v) is 26.1. The van der Waals surface area contributed by atoms with Crippen LogP contribution in [0.5, 0.6) is 5.75 Å². The van der Waals surface area contributed by atoms with Gasteiger partial charge in [-0.2, -0.15) is 0 Å². The van der Waals surface area contributed by atoms with Crippen molar-refractivity contribution in [2.75, 3.05) is 19.5 Å². The smallest absolute Gasteiger partial charge is 0.316 e. The number of hydrogen-bond acceptors (Lipinski definition) is 8. The Morgan fingerprint density at radius 1 is 1.12 bits per heavy atom. The van der Waals surface area contributed by atoms with Gasteiger partial charge in [0, 0.05) is 29.4 Å². The fraction of sp³-hybridized carbons (Fsp3) is 0.364. The van der Waals surface area contributed by atoms with Crippen molar-refractivity contribution < 1.29 is 19.1 Å². The molecule has 1 aliphatic carbocycles. The minimum atomic E-state index is -0.454. The van der Waals surface area contributed by atoms with Crippen molar-refractivity contribution in [3.05, 3.63) is 76.6 Å². The molecular formula is C33H40N4O4S. The zero-order chi connectivity index (χ0) is 31.1. The Hall–Kier alpha value is -4.29. The average molecular weight is 589 g/mol. The number of ether oxygens (including phenoxy) is 2. The largest absolute Gasteiger partial charge is 0.496 e. The molecule has 8 nitrogen and oxygen atoms in total. The summed E-state index contributed by atoms with van der Waals surface area (Å²) in [5, 5.41) is 12.6. The van der Waals surface area contributed by atoms with E-state index in [0.29, 0.717) is 16.4 Å². The number of carbonyl (C=O) groups is 2. The number of aromatic nitrogens is 3. The van der Waals surface area contributed by atoms with Crippen LogP contribution in [0.15, 0.2) is 60.3 Å². The summed E-state index contributed by atoms with van der Waals surface area (Å²) in [7, 11) is 3.05. The first-order valence-corrected chi connectivity index (χ1v) is 14.7. The van der Waals surface area contributed by atoms with Gasteiger partial charge in [0.15, 0.2) is 0 Å². The lowest BCUT2D eigenvalue weighted by molar-refractivity contribution is -0.145. The van der Waals surface area contributed by atoms with E-state index < -0.39 is 5.41 Å². The molecule has 1 aromatic carbocycles. The Bertz CT molecular complexity index is 1420. The normalized spacial score (nSPS) is 13.2. The zero-order valence-electron chi connectivity index (χ0n) is 25.3. The van der Waals surface area contributed by atoms with E-state index in [2.05, 4.69) is 39.4 Å². The molecule has 1 fully saturated rings. The fourth-order valence-electron chi connectivity index (χ4n) is 4.44. The number of esters is 1. The molecule has 0 atom stereocenters. The summed E-state index contributed by atoms with van der Waals surface area (Å²) in [4.78, 5) is 29.6. The fourth-order valence-corrected chi connectivity index (χ4v) is 5.22. The highest BCUT2D eigenvalue weighted by Gasteiger charge is 2.52. The van der Waals surface area contributed by atoms with Crippen LogP contribution in [0.25, 0.3) is 11.1 Å². The second kappa shape index (κ2) is 16.8. The van der Waals surface area contributed by atoms with Crippen LogP contribution in [0.3, 0.4) is 0 Å². The molecule has 1 amide bonds. The summed E-state index contributed by atoms with van der Waals surface area (Å²) < 4.78 is 10.5. The lowest BCUT2D eigenvalue weighted by Crippen LogP contribution is -2.19. The van der Waals surface area contributed by atoms with Gasteiger partial charge < -0.3 is 9.47 Å². The molecule has 0 saturated heterocycles. The minimum absolute atomic E-state index is 0.157. The average Bonchev–Trinajstić information content (AvgIpc) is 3.72. The lowest BCUT2D eigenvalue weighted by Gasteiger charge is -2.13. The molecule has 2 aromatic heterocycles. The van der Waals surface area contributed by atoms with Crippen LogP contribution in [0.4, 0.5) is 5.13 Å². The van der Waals surface area contributed by atoms with Gasteiger partial charge in [-0.05, 0) is 57.2 Å². The van der Waals surface area contributed by atoms with Crippen LogP contribution in [0.1, 0.15) is 67.5 Å². The van der Waals surface area contributed by atoms with E-state index in [-0.39, 0.29) is 11.9 Å². The van der Waals surface area contributed by atoms with Crippen molar-refractivity contribution in [3.8, 4) is 29.7 Å². The number of terminal acetylenes is 1. The molecule has 0 radical (unpaired) electrons. The summed E-state index contributed by atoms with van der Waals surface area (Å²) in [5.41, 5.74) is 3.35. The van der Waals surface area contributed by atoms with Gasteiger partial charge >= 0.3 is 5.97 Å². The number of carbonyl (C=O) groups excluding carboxylic acids is 2. The number of rotatable bonds is 11. The first kappa shape index (κ1) is 33.9. The van der Waals surface area contributed by atoms with Gasteiger partial charge in [0.2, 0.25) is 5.13 Å². The van der Waals surface area contributed by atoms with Crippen LogP contribution >= 0.6 is 11.3 Å². The Labute approximate surface area is 253 Å². The lowest BCUT2D eigenvalue weighted by atomic mass is 9.94. The van der Waals surface area contributed by atoms with E-state index in [0.717, 1.165) is 59.5 Å². The number of para-hydroxylation sites is 1. The standard InChI is InChI=1S/C29H32N4O4S.C2H6.C2H2/c1-5-20(29(15-16-29)27(35)37-4)11-7-6-8-14-25-32-33-28(38-25)31-26(34)23-18-30-19(2)17-22(23)21-12-9-10-13-24(21)36-3;2*1-2/h5,7,9-13,17-18H,6,8,14-16H2,1-4H3,(H,31,33,34);1-2H3;1-2H/b11-7-,20-5+;;. The Balaban J connectivity index is 0.00000148. The molecule has 0 unspecified atom stereocenters. The molecule has 0 spiro atoms. The Kier molecular flexibility index (Phi) is 13.6. The van der Waals surface area contributed by atoms with Gasteiger partial charge in [-0.15, -0.1) is 23.0 Å².